The summed E-state index contributed by atoms with van der Waals surface area (Å²) in [7, 11) is 1.68. The van der Waals surface area contributed by atoms with E-state index >= 15 is 0 Å². The number of hydrogen-bond donors (Lipinski definition) is 1. The third-order valence-electron chi connectivity index (χ3n) is 2.82. The Kier molecular flexibility index (Phi) is 3.21. The third kappa shape index (κ3) is 2.40. The Morgan fingerprint density at radius 1 is 1.50 bits per heavy atom. The lowest BCUT2D eigenvalue weighted by Gasteiger charge is -2.29. The van der Waals surface area contributed by atoms with Crippen molar-refractivity contribution in [3.8, 4) is 11.8 Å². The first-order valence-electron chi connectivity index (χ1n) is 5.43. The van der Waals surface area contributed by atoms with Crippen LogP contribution in [-0.2, 0) is 4.79 Å². The first-order chi connectivity index (χ1) is 7.79. The summed E-state index contributed by atoms with van der Waals surface area (Å²) >= 11 is 0. The van der Waals surface area contributed by atoms with E-state index in [1.54, 1.807) is 13.2 Å². The number of carbonyl (C=O) groups is 1. The Balaban J connectivity index is 1.86. The summed E-state index contributed by atoms with van der Waals surface area (Å²) in [6.45, 7) is 0. The summed E-state index contributed by atoms with van der Waals surface area (Å²) in [5.41, 5.74) is 0.797. The van der Waals surface area contributed by atoms with E-state index in [1.165, 1.54) is 0 Å². The van der Waals surface area contributed by atoms with E-state index in [-0.39, 0.29) is 11.8 Å². The number of pyridine rings is 1. The van der Waals surface area contributed by atoms with Gasteiger partial charge < -0.3 is 5.32 Å². The van der Waals surface area contributed by atoms with Crippen LogP contribution in [0.4, 0.5) is 0 Å². The van der Waals surface area contributed by atoms with Crippen LogP contribution in [0.5, 0.6) is 0 Å². The molecule has 0 bridgehead atoms. The molecule has 0 spiro atoms. The minimum atomic E-state index is 0.135. The van der Waals surface area contributed by atoms with Gasteiger partial charge in [-0.2, -0.15) is 0 Å². The van der Waals surface area contributed by atoms with Crippen LogP contribution in [0.15, 0.2) is 24.4 Å². The van der Waals surface area contributed by atoms with Crippen LogP contribution in [0.1, 0.15) is 18.5 Å². The van der Waals surface area contributed by atoms with E-state index in [2.05, 4.69) is 22.1 Å². The van der Waals surface area contributed by atoms with Crippen molar-refractivity contribution in [1.82, 2.24) is 10.3 Å². The van der Waals surface area contributed by atoms with Crippen molar-refractivity contribution in [3.63, 3.8) is 0 Å². The van der Waals surface area contributed by atoms with E-state index in [0.29, 0.717) is 5.92 Å². The van der Waals surface area contributed by atoms with Gasteiger partial charge in [0.15, 0.2) is 0 Å². The topological polar surface area (TPSA) is 42.0 Å². The first-order valence-corrected chi connectivity index (χ1v) is 5.43. The molecule has 3 heteroatoms. The molecular formula is C13H14N2O. The fraction of sp³-hybridized carbons (Fsp3) is 0.385. The Morgan fingerprint density at radius 3 is 2.94 bits per heavy atom. The smallest absolute Gasteiger partial charge is 0.222 e. The Labute approximate surface area is 95.3 Å². The summed E-state index contributed by atoms with van der Waals surface area (Å²) in [4.78, 5) is 15.4. The van der Waals surface area contributed by atoms with Crippen LogP contribution < -0.4 is 5.32 Å². The number of nitrogens with one attached hydrogen (secondary N) is 1. The largest absolute Gasteiger partial charge is 0.359 e. The number of amides is 1. The summed E-state index contributed by atoms with van der Waals surface area (Å²) in [6.07, 6.45) is 3.48. The molecule has 0 aromatic carbocycles. The van der Waals surface area contributed by atoms with Crippen LogP contribution in [0.3, 0.4) is 0 Å². The average molecular weight is 214 g/mol. The van der Waals surface area contributed by atoms with Crippen molar-refractivity contribution in [2.75, 3.05) is 7.05 Å². The van der Waals surface area contributed by atoms with Gasteiger partial charge in [-0.3, -0.25) is 4.79 Å². The molecule has 1 aliphatic rings. The molecule has 0 aliphatic heterocycles. The molecule has 0 atom stereocenters. The SMILES string of the molecule is CNC(=O)C1CC(C#Cc2ccccn2)C1. The molecule has 1 aromatic rings. The van der Waals surface area contributed by atoms with Gasteiger partial charge in [-0.15, -0.1) is 0 Å². The highest BCUT2D eigenvalue weighted by Crippen LogP contribution is 2.33. The maximum absolute atomic E-state index is 11.2. The molecule has 1 N–H and O–H groups in total. The molecule has 2 rings (SSSR count). The van der Waals surface area contributed by atoms with Gasteiger partial charge >= 0.3 is 0 Å². The number of hydrogen-bond acceptors (Lipinski definition) is 2. The van der Waals surface area contributed by atoms with Crippen LogP contribution in [-0.4, -0.2) is 17.9 Å². The van der Waals surface area contributed by atoms with Crippen LogP contribution >= 0.6 is 0 Å². The lowest BCUT2D eigenvalue weighted by atomic mass is 9.75. The summed E-state index contributed by atoms with van der Waals surface area (Å²) < 4.78 is 0. The Morgan fingerprint density at radius 2 is 2.31 bits per heavy atom. The number of aromatic nitrogens is 1. The lowest BCUT2D eigenvalue weighted by Crippen LogP contribution is -2.36. The highest BCUT2D eigenvalue weighted by Gasteiger charge is 2.32. The zero-order valence-electron chi connectivity index (χ0n) is 9.23. The van der Waals surface area contributed by atoms with Gasteiger partial charge in [0.2, 0.25) is 5.91 Å². The molecule has 1 amide bonds. The Bertz CT molecular complexity index is 424. The van der Waals surface area contributed by atoms with Gasteiger partial charge in [0.1, 0.15) is 5.69 Å². The quantitative estimate of drug-likeness (QED) is 0.714. The van der Waals surface area contributed by atoms with Crippen molar-refractivity contribution in [3.05, 3.63) is 30.1 Å². The van der Waals surface area contributed by atoms with Crippen molar-refractivity contribution >= 4 is 5.91 Å². The van der Waals surface area contributed by atoms with Gasteiger partial charge in [0.25, 0.3) is 0 Å². The first kappa shape index (κ1) is 10.7. The molecule has 1 aliphatic carbocycles. The van der Waals surface area contributed by atoms with Gasteiger partial charge in [-0.1, -0.05) is 12.0 Å². The zero-order chi connectivity index (χ0) is 11.4. The van der Waals surface area contributed by atoms with E-state index in [9.17, 15) is 4.79 Å². The highest BCUT2D eigenvalue weighted by molar-refractivity contribution is 5.79. The van der Waals surface area contributed by atoms with Crippen molar-refractivity contribution < 1.29 is 4.79 Å². The van der Waals surface area contributed by atoms with Crippen LogP contribution in [0.25, 0.3) is 0 Å². The van der Waals surface area contributed by atoms with Crippen molar-refractivity contribution in [2.45, 2.75) is 12.8 Å². The summed E-state index contributed by atoms with van der Waals surface area (Å²) in [5, 5.41) is 2.66. The highest BCUT2D eigenvalue weighted by atomic mass is 16.1. The van der Waals surface area contributed by atoms with E-state index in [4.69, 9.17) is 0 Å². The van der Waals surface area contributed by atoms with Crippen molar-refractivity contribution in [2.24, 2.45) is 11.8 Å². The fourth-order valence-corrected chi connectivity index (χ4v) is 1.77. The van der Waals surface area contributed by atoms with Gasteiger partial charge in [-0.05, 0) is 30.9 Å². The van der Waals surface area contributed by atoms with Gasteiger partial charge in [-0.25, -0.2) is 4.98 Å². The summed E-state index contributed by atoms with van der Waals surface area (Å²) in [6, 6.07) is 5.68. The second-order valence-electron chi connectivity index (χ2n) is 3.96. The Hall–Kier alpha value is -1.82. The maximum atomic E-state index is 11.2. The zero-order valence-corrected chi connectivity index (χ0v) is 9.23. The van der Waals surface area contributed by atoms with E-state index in [0.717, 1.165) is 18.5 Å². The second-order valence-corrected chi connectivity index (χ2v) is 3.96. The molecule has 0 saturated heterocycles. The summed E-state index contributed by atoms with van der Waals surface area (Å²) in [5.74, 6) is 6.83. The maximum Gasteiger partial charge on any atom is 0.222 e. The third-order valence-corrected chi connectivity index (χ3v) is 2.82. The van der Waals surface area contributed by atoms with Crippen LogP contribution in [0, 0.1) is 23.7 Å². The van der Waals surface area contributed by atoms with E-state index < -0.39 is 0 Å². The molecule has 0 radical (unpaired) electrons. The molecule has 1 heterocycles. The van der Waals surface area contributed by atoms with Crippen molar-refractivity contribution in [1.29, 1.82) is 0 Å². The number of nitrogens with zero attached hydrogens (tertiary/aromatic N) is 1. The predicted octanol–water partition coefficient (Wildman–Crippen LogP) is 1.21. The van der Waals surface area contributed by atoms with Gasteiger partial charge in [0.05, 0.1) is 0 Å². The fourth-order valence-electron chi connectivity index (χ4n) is 1.77. The van der Waals surface area contributed by atoms with E-state index in [1.807, 2.05) is 18.2 Å². The van der Waals surface area contributed by atoms with Gasteiger partial charge in [0, 0.05) is 25.1 Å². The minimum Gasteiger partial charge on any atom is -0.359 e. The molecule has 1 saturated carbocycles. The van der Waals surface area contributed by atoms with Crippen LogP contribution in [0.2, 0.25) is 0 Å². The average Bonchev–Trinajstić information content (AvgIpc) is 2.28. The molecular weight excluding hydrogens is 200 g/mol. The lowest BCUT2D eigenvalue weighted by molar-refractivity contribution is -0.127. The minimum absolute atomic E-state index is 0.135. The molecule has 82 valence electrons. The second kappa shape index (κ2) is 4.80. The monoisotopic (exact) mass is 214 g/mol. The predicted molar refractivity (Wildman–Crippen MR) is 61.4 cm³/mol. The molecule has 1 fully saturated rings. The number of carbonyl (C=O) groups excluding carboxylic acids is 1. The molecule has 16 heavy (non-hydrogen) atoms. The normalized spacial score (nSPS) is 22.6. The number of rotatable bonds is 1. The molecule has 0 unspecified atom stereocenters. The molecule has 3 nitrogen and oxygen atoms in total. The standard InChI is InChI=1S/C13H14N2O/c1-14-13(16)11-8-10(9-11)5-6-12-4-2-3-7-15-12/h2-4,7,10-11H,8-9H2,1H3,(H,14,16). The molecule has 1 aromatic heterocycles.